The summed E-state index contributed by atoms with van der Waals surface area (Å²) in [6, 6.07) is 14.4. The number of methoxy groups -OCH3 is 1. The highest BCUT2D eigenvalue weighted by Crippen LogP contribution is 2.35. The van der Waals surface area contributed by atoms with Gasteiger partial charge in [-0.2, -0.15) is 0 Å². The van der Waals surface area contributed by atoms with E-state index in [1.165, 1.54) is 43.5 Å². The van der Waals surface area contributed by atoms with Gasteiger partial charge in [-0.15, -0.1) is 0 Å². The molecule has 2 amide bonds. The van der Waals surface area contributed by atoms with Crippen LogP contribution in [0.1, 0.15) is 20.7 Å². The van der Waals surface area contributed by atoms with E-state index in [1.54, 1.807) is 24.3 Å². The van der Waals surface area contributed by atoms with Crippen molar-refractivity contribution in [2.24, 2.45) is 0 Å². The standard InChI is InChI=1S/C21H15Cl2N3O5/c1-31-19-11-17(24-20(27)13-4-8-15(9-5-13)26(29)30)16(23)10-18(19)25-21(28)12-2-6-14(22)7-3-12/h2-11H,1H3,(H,24,27)(H,25,28). The fraction of sp³-hybridized carbons (Fsp3) is 0.0476. The molecule has 0 aliphatic carbocycles. The normalized spacial score (nSPS) is 10.3. The van der Waals surface area contributed by atoms with Crippen molar-refractivity contribution in [3.63, 3.8) is 0 Å². The lowest BCUT2D eigenvalue weighted by atomic mass is 10.1. The summed E-state index contributed by atoms with van der Waals surface area (Å²) in [6.07, 6.45) is 0. The van der Waals surface area contributed by atoms with Crippen molar-refractivity contribution < 1.29 is 19.2 Å². The maximum absolute atomic E-state index is 12.5. The number of nitro groups is 1. The number of ether oxygens (including phenoxy) is 1. The highest BCUT2D eigenvalue weighted by Gasteiger charge is 2.16. The zero-order valence-electron chi connectivity index (χ0n) is 16.0. The first-order valence-electron chi connectivity index (χ1n) is 8.78. The molecule has 0 atom stereocenters. The smallest absolute Gasteiger partial charge is 0.269 e. The number of non-ortho nitro benzene ring substituents is 1. The van der Waals surface area contributed by atoms with Crippen LogP contribution in [0.3, 0.4) is 0 Å². The molecule has 158 valence electrons. The third-order valence-corrected chi connectivity index (χ3v) is 4.80. The summed E-state index contributed by atoms with van der Waals surface area (Å²) in [7, 11) is 1.41. The van der Waals surface area contributed by atoms with E-state index < -0.39 is 16.7 Å². The molecule has 0 saturated heterocycles. The van der Waals surface area contributed by atoms with Gasteiger partial charge in [-0.25, -0.2) is 0 Å². The Labute approximate surface area is 186 Å². The number of carbonyl (C=O) groups is 2. The minimum atomic E-state index is -0.555. The van der Waals surface area contributed by atoms with Crippen LogP contribution in [-0.2, 0) is 0 Å². The Morgan fingerprint density at radius 3 is 1.90 bits per heavy atom. The van der Waals surface area contributed by atoms with Crippen molar-refractivity contribution in [2.75, 3.05) is 17.7 Å². The molecule has 0 saturated carbocycles. The number of nitro benzene ring substituents is 1. The number of nitrogens with zero attached hydrogens (tertiary/aromatic N) is 1. The number of benzene rings is 3. The molecule has 2 N–H and O–H groups in total. The number of hydrogen-bond acceptors (Lipinski definition) is 5. The van der Waals surface area contributed by atoms with Gasteiger partial charge in [0, 0.05) is 34.3 Å². The molecule has 0 unspecified atom stereocenters. The number of amides is 2. The summed E-state index contributed by atoms with van der Waals surface area (Å²) in [5.41, 5.74) is 1.02. The number of anilines is 2. The van der Waals surface area contributed by atoms with Gasteiger partial charge in [-0.1, -0.05) is 23.2 Å². The van der Waals surface area contributed by atoms with Crippen molar-refractivity contribution >= 4 is 52.1 Å². The molecule has 0 radical (unpaired) electrons. The zero-order chi connectivity index (χ0) is 22.5. The predicted octanol–water partition coefficient (Wildman–Crippen LogP) is 5.41. The number of halogens is 2. The van der Waals surface area contributed by atoms with Crippen LogP contribution < -0.4 is 15.4 Å². The Hall–Kier alpha value is -3.62. The molecule has 0 aliphatic rings. The van der Waals surface area contributed by atoms with Crippen molar-refractivity contribution in [2.45, 2.75) is 0 Å². The van der Waals surface area contributed by atoms with Gasteiger partial charge in [0.1, 0.15) is 5.75 Å². The molecule has 3 aromatic rings. The van der Waals surface area contributed by atoms with E-state index >= 15 is 0 Å². The lowest BCUT2D eigenvalue weighted by Gasteiger charge is -2.14. The SMILES string of the molecule is COc1cc(NC(=O)c2ccc([N+](=O)[O-])cc2)c(Cl)cc1NC(=O)c1ccc(Cl)cc1. The van der Waals surface area contributed by atoms with Crippen molar-refractivity contribution in [3.05, 3.63) is 92.0 Å². The van der Waals surface area contributed by atoms with Gasteiger partial charge in [0.05, 0.1) is 28.4 Å². The molecule has 3 rings (SSSR count). The van der Waals surface area contributed by atoms with Crippen molar-refractivity contribution in [1.82, 2.24) is 0 Å². The highest BCUT2D eigenvalue weighted by molar-refractivity contribution is 6.34. The molecule has 0 fully saturated rings. The predicted molar refractivity (Wildman–Crippen MR) is 118 cm³/mol. The van der Waals surface area contributed by atoms with Crippen molar-refractivity contribution in [1.29, 1.82) is 0 Å². The van der Waals surface area contributed by atoms with Crippen LogP contribution in [0.5, 0.6) is 5.75 Å². The van der Waals surface area contributed by atoms with Gasteiger partial charge >= 0.3 is 0 Å². The lowest BCUT2D eigenvalue weighted by molar-refractivity contribution is -0.384. The molecule has 0 aromatic heterocycles. The second-order valence-electron chi connectivity index (χ2n) is 6.25. The zero-order valence-corrected chi connectivity index (χ0v) is 17.5. The van der Waals surface area contributed by atoms with Gasteiger partial charge in [-0.05, 0) is 42.5 Å². The third kappa shape index (κ3) is 5.30. The third-order valence-electron chi connectivity index (χ3n) is 4.23. The Balaban J connectivity index is 1.79. The molecule has 8 nitrogen and oxygen atoms in total. The van der Waals surface area contributed by atoms with Crippen LogP contribution in [0.2, 0.25) is 10.0 Å². The average molecular weight is 460 g/mol. The Bertz CT molecular complexity index is 1150. The molecular formula is C21H15Cl2N3O5. The number of nitrogens with one attached hydrogen (secondary N) is 2. The summed E-state index contributed by atoms with van der Waals surface area (Å²) in [5.74, 6) is -0.642. The van der Waals surface area contributed by atoms with Gasteiger partial charge in [0.25, 0.3) is 17.5 Å². The van der Waals surface area contributed by atoms with Crippen LogP contribution in [0.4, 0.5) is 17.1 Å². The second kappa shape index (κ2) is 9.46. The molecule has 0 aliphatic heterocycles. The Morgan fingerprint density at radius 2 is 1.39 bits per heavy atom. The minimum absolute atomic E-state index is 0.128. The van der Waals surface area contributed by atoms with E-state index in [9.17, 15) is 19.7 Å². The van der Waals surface area contributed by atoms with Crippen LogP contribution in [0, 0.1) is 10.1 Å². The maximum atomic E-state index is 12.5. The van der Waals surface area contributed by atoms with Crippen LogP contribution >= 0.6 is 23.2 Å². The Kier molecular flexibility index (Phi) is 6.74. The van der Waals surface area contributed by atoms with E-state index in [-0.39, 0.29) is 27.7 Å². The number of carbonyl (C=O) groups excluding carboxylic acids is 2. The molecule has 0 heterocycles. The van der Waals surface area contributed by atoms with E-state index in [0.29, 0.717) is 16.3 Å². The summed E-state index contributed by atoms with van der Waals surface area (Å²) in [6.45, 7) is 0. The van der Waals surface area contributed by atoms with Crippen LogP contribution in [0.15, 0.2) is 60.7 Å². The van der Waals surface area contributed by atoms with Gasteiger partial charge in [0.15, 0.2) is 0 Å². The lowest BCUT2D eigenvalue weighted by Crippen LogP contribution is -2.14. The minimum Gasteiger partial charge on any atom is -0.494 e. The summed E-state index contributed by atoms with van der Waals surface area (Å²) < 4.78 is 5.31. The van der Waals surface area contributed by atoms with Crippen LogP contribution in [0.25, 0.3) is 0 Å². The number of hydrogen-bond donors (Lipinski definition) is 2. The van der Waals surface area contributed by atoms with E-state index in [4.69, 9.17) is 27.9 Å². The fourth-order valence-electron chi connectivity index (χ4n) is 2.64. The first kappa shape index (κ1) is 22.1. The fourth-order valence-corrected chi connectivity index (χ4v) is 2.98. The molecule has 3 aromatic carbocycles. The first-order valence-corrected chi connectivity index (χ1v) is 9.54. The molecule has 31 heavy (non-hydrogen) atoms. The summed E-state index contributed by atoms with van der Waals surface area (Å²) >= 11 is 12.1. The topological polar surface area (TPSA) is 111 Å². The molecule has 10 heteroatoms. The van der Waals surface area contributed by atoms with Gasteiger partial charge in [0.2, 0.25) is 0 Å². The van der Waals surface area contributed by atoms with E-state index in [0.717, 1.165) is 0 Å². The van der Waals surface area contributed by atoms with E-state index in [2.05, 4.69) is 10.6 Å². The quantitative estimate of drug-likeness (QED) is 0.377. The number of rotatable bonds is 6. The van der Waals surface area contributed by atoms with E-state index in [1.807, 2.05) is 0 Å². The largest absolute Gasteiger partial charge is 0.494 e. The Morgan fingerprint density at radius 1 is 0.871 bits per heavy atom. The van der Waals surface area contributed by atoms with Gasteiger partial charge in [-0.3, -0.25) is 19.7 Å². The molecular weight excluding hydrogens is 445 g/mol. The monoisotopic (exact) mass is 459 g/mol. The summed E-state index contributed by atoms with van der Waals surface area (Å²) in [4.78, 5) is 35.1. The average Bonchev–Trinajstić information content (AvgIpc) is 2.76. The molecule has 0 bridgehead atoms. The maximum Gasteiger partial charge on any atom is 0.269 e. The second-order valence-corrected chi connectivity index (χ2v) is 7.10. The first-order chi connectivity index (χ1) is 14.8. The molecule has 0 spiro atoms. The summed E-state index contributed by atoms with van der Waals surface area (Å²) in [5, 5.41) is 16.7. The highest BCUT2D eigenvalue weighted by atomic mass is 35.5. The van der Waals surface area contributed by atoms with Gasteiger partial charge < -0.3 is 15.4 Å². The van der Waals surface area contributed by atoms with Crippen LogP contribution in [-0.4, -0.2) is 23.8 Å². The van der Waals surface area contributed by atoms with Crippen molar-refractivity contribution in [3.8, 4) is 5.75 Å².